The van der Waals surface area contributed by atoms with Gasteiger partial charge in [0.2, 0.25) is 23.4 Å². The van der Waals surface area contributed by atoms with Gasteiger partial charge in [-0.25, -0.2) is 4.98 Å². The zero-order valence-electron chi connectivity index (χ0n) is 41.0. The molecule has 0 spiro atoms. The average molecular weight is 1030 g/mol. The van der Waals surface area contributed by atoms with Crippen molar-refractivity contribution in [3.05, 3.63) is 155 Å². The lowest BCUT2D eigenvalue weighted by Gasteiger charge is -2.30. The van der Waals surface area contributed by atoms with Crippen LogP contribution in [0.15, 0.2) is 131 Å². The van der Waals surface area contributed by atoms with Crippen LogP contribution >= 0.6 is 0 Å². The van der Waals surface area contributed by atoms with E-state index in [-0.39, 0.29) is 53.7 Å². The third kappa shape index (κ3) is 11.1. The van der Waals surface area contributed by atoms with Gasteiger partial charge in [-0.1, -0.05) is 42.5 Å². The van der Waals surface area contributed by atoms with Crippen LogP contribution in [0.3, 0.4) is 0 Å². The molecule has 2 aliphatic rings. The van der Waals surface area contributed by atoms with Crippen molar-refractivity contribution >= 4 is 66.2 Å². The Hall–Kier alpha value is -7.59. The largest absolute Gasteiger partial charge is 0.471 e. The molecule has 2 aliphatic heterocycles. The summed E-state index contributed by atoms with van der Waals surface area (Å²) in [7, 11) is -8.90. The molecular weight excluding hydrogens is 973 g/mol. The third-order valence-electron chi connectivity index (χ3n) is 13.3. The van der Waals surface area contributed by atoms with E-state index in [9.17, 15) is 35.5 Å². The monoisotopic (exact) mass is 1030 g/mol. The van der Waals surface area contributed by atoms with Gasteiger partial charge in [-0.3, -0.25) is 23.7 Å². The van der Waals surface area contributed by atoms with Gasteiger partial charge in [0.1, 0.15) is 18.7 Å². The van der Waals surface area contributed by atoms with E-state index in [1.54, 1.807) is 24.3 Å². The molecule has 0 saturated carbocycles. The number of anilines is 2. The van der Waals surface area contributed by atoms with E-state index < -0.39 is 31.1 Å². The Morgan fingerprint density at radius 2 is 1.56 bits per heavy atom. The highest BCUT2D eigenvalue weighted by Gasteiger charge is 2.45. The van der Waals surface area contributed by atoms with E-state index in [1.165, 1.54) is 36.8 Å². The summed E-state index contributed by atoms with van der Waals surface area (Å²) >= 11 is 0. The van der Waals surface area contributed by atoms with Crippen LogP contribution in [-0.4, -0.2) is 86.1 Å². The number of nitrogen functional groups attached to an aromatic ring is 1. The molecule has 3 aromatic heterocycles. The number of pyridine rings is 1. The lowest BCUT2D eigenvalue weighted by atomic mass is 9.77. The molecule has 6 aromatic rings. The van der Waals surface area contributed by atoms with Crippen LogP contribution < -0.4 is 26.0 Å². The zero-order valence-corrected chi connectivity index (χ0v) is 42.6. The number of carbonyl (C=O) groups excluding carboxylic acids is 2. The molecule has 73 heavy (non-hydrogen) atoms. The van der Waals surface area contributed by atoms with Crippen LogP contribution in [0.1, 0.15) is 92.2 Å². The summed E-state index contributed by atoms with van der Waals surface area (Å²) < 4.78 is 76.3. The number of likely N-dealkylation sites (N-methyl/N-ethyl adjacent to an activating group) is 1. The minimum Gasteiger partial charge on any atom is -0.471 e. The number of carbonyl (C=O) groups is 2. The Kier molecular flexibility index (Phi) is 14.8. The van der Waals surface area contributed by atoms with Crippen molar-refractivity contribution in [2.24, 2.45) is 0 Å². The van der Waals surface area contributed by atoms with Crippen molar-refractivity contribution < 1.29 is 44.8 Å². The Morgan fingerprint density at radius 3 is 2.25 bits per heavy atom. The SMILES string of the molecule is CCN1/C(=C/C=C/C=C/C2=[N+](CC)c3ccc(S(=O)(=O)O)cc3C2(C)C)C(C)(CCCC(=O)NCc2ccc(C(=O)NCc3ccc(COc4nc(N)nc5nc[nH]c45)cc3)cn2)c2cc(S(=O)(=O)O)ccc21. The van der Waals surface area contributed by atoms with Gasteiger partial charge in [-0.2, -0.15) is 31.4 Å². The second-order valence-electron chi connectivity index (χ2n) is 18.4. The van der Waals surface area contributed by atoms with Crippen LogP contribution in [0.5, 0.6) is 5.88 Å². The summed E-state index contributed by atoms with van der Waals surface area (Å²) in [5, 5.41) is 5.82. The molecule has 19 nitrogen and oxygen atoms in total. The zero-order chi connectivity index (χ0) is 52.3. The summed E-state index contributed by atoms with van der Waals surface area (Å²) in [6.45, 7) is 11.8. The van der Waals surface area contributed by atoms with Crippen molar-refractivity contribution in [1.29, 1.82) is 0 Å². The summed E-state index contributed by atoms with van der Waals surface area (Å²) in [5.41, 5.74) is 13.1. The lowest BCUT2D eigenvalue weighted by molar-refractivity contribution is -0.433. The quantitative estimate of drug-likeness (QED) is 0.0270. The number of aromatic nitrogens is 5. The molecule has 1 unspecified atom stereocenters. The van der Waals surface area contributed by atoms with E-state index in [1.807, 2.05) is 89.3 Å². The van der Waals surface area contributed by atoms with Crippen molar-refractivity contribution in [3.8, 4) is 5.88 Å². The number of allylic oxidation sites excluding steroid dienone is 6. The number of nitrogens with two attached hydrogens (primary N) is 1. The van der Waals surface area contributed by atoms with Crippen molar-refractivity contribution in [1.82, 2.24) is 35.6 Å². The number of hydrogen-bond acceptors (Lipinski definition) is 13. The molecule has 21 heteroatoms. The molecule has 0 aliphatic carbocycles. The van der Waals surface area contributed by atoms with Crippen LogP contribution in [0, 0.1) is 0 Å². The predicted octanol–water partition coefficient (Wildman–Crippen LogP) is 7.01. The summed E-state index contributed by atoms with van der Waals surface area (Å²) in [6, 6.07) is 20.1. The van der Waals surface area contributed by atoms with Gasteiger partial charge in [0.15, 0.2) is 11.4 Å². The highest BCUT2D eigenvalue weighted by molar-refractivity contribution is 7.86. The van der Waals surface area contributed by atoms with Gasteiger partial charge in [-0.05, 0) is 113 Å². The Morgan fingerprint density at radius 1 is 0.849 bits per heavy atom. The number of ether oxygens (including phenoxy) is 1. The summed E-state index contributed by atoms with van der Waals surface area (Å²) in [6.07, 6.45) is 13.7. The second kappa shape index (κ2) is 20.9. The van der Waals surface area contributed by atoms with Crippen molar-refractivity contribution in [2.75, 3.05) is 23.7 Å². The van der Waals surface area contributed by atoms with E-state index in [4.69, 9.17) is 10.5 Å². The molecule has 380 valence electrons. The fourth-order valence-corrected chi connectivity index (χ4v) is 10.5. The molecule has 7 N–H and O–H groups in total. The standard InChI is InChI=1S/C52H56N10O9S2/c1-6-61-41-23-21-37(72(65,66)67)26-39(41)51(3,4)43(61)12-9-8-10-13-44-52(5,40-27-38(73(68,69)70)22-24-42(40)62(44)7-2)25-11-14-45(63)55-30-36-20-19-35(29-54-36)48(64)56-28-33-15-17-34(18-16-33)31-71-49-46-47(58-32-57-46)59-50(53)60-49/h8-10,12-13,15-24,26-27,29,32H,6-7,11,14,25,28,30-31H2,1-5H3,(H6-,53,55,56,57,58,59,60,63,64,65,66,67,68,69,70)/p+1. The molecule has 0 fully saturated rings. The van der Waals surface area contributed by atoms with E-state index in [0.29, 0.717) is 59.8 Å². The number of rotatable bonds is 19. The van der Waals surface area contributed by atoms with Crippen LogP contribution in [-0.2, 0) is 55.6 Å². The molecule has 0 saturated heterocycles. The normalized spacial score (nSPS) is 17.0. The Labute approximate surface area is 423 Å². The summed E-state index contributed by atoms with van der Waals surface area (Å²) in [4.78, 5) is 47.6. The molecule has 5 heterocycles. The topological polar surface area (TPSA) is 276 Å². The molecular formula is C52H57N10O9S2+. The number of H-pyrrole nitrogens is 1. The van der Waals surface area contributed by atoms with E-state index >= 15 is 0 Å². The number of nitrogens with one attached hydrogen (secondary N) is 3. The molecule has 2 amide bonds. The van der Waals surface area contributed by atoms with Gasteiger partial charge >= 0.3 is 0 Å². The highest BCUT2D eigenvalue weighted by atomic mass is 32.2. The average Bonchev–Trinajstić information content (AvgIpc) is 3.99. The number of benzene rings is 3. The minimum atomic E-state index is -4.51. The predicted molar refractivity (Wildman–Crippen MR) is 276 cm³/mol. The number of imidazole rings is 1. The number of fused-ring (bicyclic) bond motifs is 3. The Balaban J connectivity index is 0.869. The van der Waals surface area contributed by atoms with Gasteiger partial charge in [-0.15, -0.1) is 0 Å². The fourth-order valence-electron chi connectivity index (χ4n) is 9.47. The van der Waals surface area contributed by atoms with Gasteiger partial charge in [0.05, 0.1) is 39.3 Å². The first-order valence-electron chi connectivity index (χ1n) is 23.6. The van der Waals surface area contributed by atoms with E-state index in [2.05, 4.69) is 45.0 Å². The second-order valence-corrected chi connectivity index (χ2v) is 21.2. The van der Waals surface area contributed by atoms with E-state index in [0.717, 1.165) is 39.5 Å². The third-order valence-corrected chi connectivity index (χ3v) is 15.0. The lowest BCUT2D eigenvalue weighted by Crippen LogP contribution is -2.29. The smallest absolute Gasteiger partial charge is 0.294 e. The maximum absolute atomic E-state index is 13.2. The number of aromatic amines is 1. The Bertz CT molecular complexity index is 3460. The van der Waals surface area contributed by atoms with Crippen LogP contribution in [0.4, 0.5) is 17.3 Å². The number of amides is 2. The first kappa shape index (κ1) is 51.8. The molecule has 0 radical (unpaired) electrons. The van der Waals surface area contributed by atoms with Gasteiger partial charge < -0.3 is 31.0 Å². The maximum atomic E-state index is 13.2. The molecule has 0 bridgehead atoms. The molecule has 3 aromatic carbocycles. The van der Waals surface area contributed by atoms with Crippen molar-refractivity contribution in [3.63, 3.8) is 0 Å². The van der Waals surface area contributed by atoms with Crippen LogP contribution in [0.2, 0.25) is 0 Å². The van der Waals surface area contributed by atoms with Crippen molar-refractivity contribution in [2.45, 2.75) is 94.2 Å². The number of nitrogens with zero attached hydrogens (tertiary/aromatic N) is 6. The number of hydrogen-bond donors (Lipinski definition) is 6. The van der Waals surface area contributed by atoms with Gasteiger partial charge in [0, 0.05) is 60.2 Å². The highest BCUT2D eigenvalue weighted by Crippen LogP contribution is 2.51. The minimum absolute atomic E-state index is 0.0580. The van der Waals surface area contributed by atoms with Crippen LogP contribution in [0.25, 0.3) is 11.2 Å². The molecule has 8 rings (SSSR count). The maximum Gasteiger partial charge on any atom is 0.294 e. The first-order valence-corrected chi connectivity index (χ1v) is 26.5. The molecule has 1 atom stereocenters. The van der Waals surface area contributed by atoms with Gasteiger partial charge in [0.25, 0.3) is 26.1 Å². The summed E-state index contributed by atoms with van der Waals surface area (Å²) in [5.74, 6) is -0.165. The first-order chi connectivity index (χ1) is 34.7. The fraction of sp³-hybridized carbons (Fsp3) is 0.288.